The summed E-state index contributed by atoms with van der Waals surface area (Å²) in [5.74, 6) is -3.67. The molecule has 0 aliphatic heterocycles. The van der Waals surface area contributed by atoms with Crippen LogP contribution in [0.25, 0.3) is 11.3 Å². The van der Waals surface area contributed by atoms with Crippen molar-refractivity contribution in [1.29, 1.82) is 0 Å². The number of aryl methyl sites for hydroxylation is 1. The van der Waals surface area contributed by atoms with Crippen LogP contribution in [0.4, 0.5) is 0 Å². The summed E-state index contributed by atoms with van der Waals surface area (Å²) in [5.41, 5.74) is 1.95. The standard InChI is InChI=1S/C32H43N5O9/c1-6-8-9-11-23(27(7-2)37(44)19-38)29(40)33-18-34-31(42)25-13-10-12-24(35-25)21-14-15-22(20(3)16-21)30(41)36-26(32(43)46-5)17-28(39)45-4/h10,12-16,19,23,26-27,44H,6-9,11,17-18H2,1-5H3,(H,33,40)(H,34,42)(H,36,41)/t23-,26+,27-/m1/s1. The van der Waals surface area contributed by atoms with Crippen molar-refractivity contribution < 1.29 is 43.4 Å². The average molecular weight is 642 g/mol. The number of nitrogens with zero attached hydrogens (tertiary/aromatic N) is 2. The van der Waals surface area contributed by atoms with Crippen LogP contribution in [-0.4, -0.2) is 84.3 Å². The Balaban J connectivity index is 2.11. The first-order valence-corrected chi connectivity index (χ1v) is 15.0. The highest BCUT2D eigenvalue weighted by molar-refractivity contribution is 5.99. The van der Waals surface area contributed by atoms with E-state index in [0.29, 0.717) is 34.7 Å². The van der Waals surface area contributed by atoms with Crippen LogP contribution in [0.2, 0.25) is 0 Å². The molecule has 0 aliphatic rings. The number of ether oxygens (including phenoxy) is 2. The number of hydrogen-bond donors (Lipinski definition) is 4. The van der Waals surface area contributed by atoms with Gasteiger partial charge in [0, 0.05) is 11.1 Å². The Bertz CT molecular complexity index is 1380. The fourth-order valence-electron chi connectivity index (χ4n) is 4.90. The number of esters is 2. The summed E-state index contributed by atoms with van der Waals surface area (Å²) >= 11 is 0. The first kappa shape index (κ1) is 37.3. The lowest BCUT2D eigenvalue weighted by atomic mass is 9.90. The van der Waals surface area contributed by atoms with Gasteiger partial charge in [0.1, 0.15) is 11.7 Å². The van der Waals surface area contributed by atoms with E-state index in [1.54, 1.807) is 38.1 Å². The van der Waals surface area contributed by atoms with E-state index in [9.17, 15) is 34.0 Å². The molecule has 14 heteroatoms. The number of methoxy groups -OCH3 is 2. The van der Waals surface area contributed by atoms with Crippen molar-refractivity contribution in [1.82, 2.24) is 26.0 Å². The van der Waals surface area contributed by atoms with Crippen molar-refractivity contribution in [3.63, 3.8) is 0 Å². The normalized spacial score (nSPS) is 12.6. The van der Waals surface area contributed by atoms with Crippen LogP contribution < -0.4 is 16.0 Å². The molecule has 2 aromatic rings. The molecule has 0 saturated carbocycles. The Morgan fingerprint density at radius 1 is 1.00 bits per heavy atom. The number of pyridine rings is 1. The summed E-state index contributed by atoms with van der Waals surface area (Å²) in [6.45, 7) is 5.30. The Labute approximate surface area is 268 Å². The fourth-order valence-corrected chi connectivity index (χ4v) is 4.90. The SMILES string of the molecule is CCCCC[C@@H](C(=O)NCNC(=O)c1cccc(-c2ccc(C(=O)N[C@@H](CC(=O)OC)C(=O)OC)c(C)c2)n1)[C@@H](CC)N(O)C=O. The predicted molar refractivity (Wildman–Crippen MR) is 166 cm³/mol. The van der Waals surface area contributed by atoms with Gasteiger partial charge in [-0.2, -0.15) is 0 Å². The molecule has 0 unspecified atom stereocenters. The van der Waals surface area contributed by atoms with Gasteiger partial charge >= 0.3 is 11.9 Å². The molecule has 1 aromatic carbocycles. The number of hydroxylamine groups is 2. The lowest BCUT2D eigenvalue weighted by Crippen LogP contribution is -2.47. The molecule has 0 radical (unpaired) electrons. The molecule has 0 saturated heterocycles. The third-order valence-corrected chi connectivity index (χ3v) is 7.44. The van der Waals surface area contributed by atoms with Gasteiger partial charge in [-0.15, -0.1) is 0 Å². The van der Waals surface area contributed by atoms with Crippen LogP contribution in [0.15, 0.2) is 36.4 Å². The van der Waals surface area contributed by atoms with E-state index in [-0.39, 0.29) is 24.3 Å². The Morgan fingerprint density at radius 2 is 1.74 bits per heavy atom. The maximum absolute atomic E-state index is 13.0. The van der Waals surface area contributed by atoms with Crippen LogP contribution in [0.3, 0.4) is 0 Å². The summed E-state index contributed by atoms with van der Waals surface area (Å²) in [4.78, 5) is 78.1. The minimum Gasteiger partial charge on any atom is -0.469 e. The zero-order valence-corrected chi connectivity index (χ0v) is 26.8. The van der Waals surface area contributed by atoms with Crippen molar-refractivity contribution in [3.05, 3.63) is 53.2 Å². The number of aromatic nitrogens is 1. The number of carbonyl (C=O) groups excluding carboxylic acids is 6. The summed E-state index contributed by atoms with van der Waals surface area (Å²) in [7, 11) is 2.31. The van der Waals surface area contributed by atoms with Crippen LogP contribution in [0.5, 0.6) is 0 Å². The minimum atomic E-state index is -1.23. The van der Waals surface area contributed by atoms with E-state index in [4.69, 9.17) is 0 Å². The van der Waals surface area contributed by atoms with Gasteiger partial charge in [0.25, 0.3) is 11.8 Å². The third kappa shape index (κ3) is 10.6. The van der Waals surface area contributed by atoms with Gasteiger partial charge in [-0.3, -0.25) is 29.2 Å². The molecule has 250 valence electrons. The van der Waals surface area contributed by atoms with Crippen molar-refractivity contribution in [2.45, 2.75) is 71.4 Å². The van der Waals surface area contributed by atoms with Crippen molar-refractivity contribution >= 4 is 36.1 Å². The van der Waals surface area contributed by atoms with Gasteiger partial charge in [-0.25, -0.2) is 14.8 Å². The van der Waals surface area contributed by atoms with Gasteiger partial charge < -0.3 is 25.4 Å². The second-order valence-electron chi connectivity index (χ2n) is 10.6. The van der Waals surface area contributed by atoms with Gasteiger partial charge in [0.05, 0.1) is 45.0 Å². The summed E-state index contributed by atoms with van der Waals surface area (Å²) in [5, 5.41) is 18.3. The topological polar surface area (TPSA) is 193 Å². The number of nitrogens with one attached hydrogen (secondary N) is 3. The lowest BCUT2D eigenvalue weighted by molar-refractivity contribution is -0.168. The highest BCUT2D eigenvalue weighted by atomic mass is 16.5. The molecule has 4 amide bonds. The minimum absolute atomic E-state index is 0.0865. The number of carbonyl (C=O) groups is 6. The monoisotopic (exact) mass is 641 g/mol. The number of unbranched alkanes of at least 4 members (excludes halogenated alkanes) is 2. The zero-order chi connectivity index (χ0) is 34.2. The fraction of sp³-hybridized carbons (Fsp3) is 0.469. The second kappa shape index (κ2) is 18.8. The molecule has 14 nitrogen and oxygen atoms in total. The second-order valence-corrected chi connectivity index (χ2v) is 10.6. The van der Waals surface area contributed by atoms with E-state index in [2.05, 4.69) is 30.4 Å². The molecule has 2 rings (SSSR count). The molecule has 1 aromatic heterocycles. The summed E-state index contributed by atoms with van der Waals surface area (Å²) in [6.07, 6.45) is 3.32. The molecule has 4 N–H and O–H groups in total. The summed E-state index contributed by atoms with van der Waals surface area (Å²) < 4.78 is 9.27. The Kier molecular flexibility index (Phi) is 15.3. The van der Waals surface area contributed by atoms with Crippen molar-refractivity contribution in [3.8, 4) is 11.3 Å². The van der Waals surface area contributed by atoms with E-state index >= 15 is 0 Å². The zero-order valence-electron chi connectivity index (χ0n) is 26.8. The van der Waals surface area contributed by atoms with Crippen LogP contribution in [-0.2, 0) is 28.7 Å². The number of benzene rings is 1. The van der Waals surface area contributed by atoms with E-state index in [1.165, 1.54) is 19.2 Å². The van der Waals surface area contributed by atoms with E-state index in [0.717, 1.165) is 26.4 Å². The molecular formula is C32H43N5O9. The van der Waals surface area contributed by atoms with Crippen molar-refractivity contribution in [2.75, 3.05) is 20.9 Å². The predicted octanol–water partition coefficient (Wildman–Crippen LogP) is 2.52. The van der Waals surface area contributed by atoms with Crippen molar-refractivity contribution in [2.24, 2.45) is 5.92 Å². The highest BCUT2D eigenvalue weighted by Gasteiger charge is 2.31. The maximum atomic E-state index is 13.0. The summed E-state index contributed by atoms with van der Waals surface area (Å²) in [6, 6.07) is 7.78. The Morgan fingerprint density at radius 3 is 2.35 bits per heavy atom. The Hall–Kier alpha value is -4.85. The van der Waals surface area contributed by atoms with Gasteiger partial charge in [0.2, 0.25) is 12.3 Å². The molecule has 0 bridgehead atoms. The van der Waals surface area contributed by atoms with Crippen LogP contribution >= 0.6 is 0 Å². The van der Waals surface area contributed by atoms with Crippen LogP contribution in [0, 0.1) is 12.8 Å². The number of rotatable bonds is 18. The molecular weight excluding hydrogens is 598 g/mol. The molecule has 0 spiro atoms. The maximum Gasteiger partial charge on any atom is 0.328 e. The average Bonchev–Trinajstić information content (AvgIpc) is 3.06. The molecule has 0 fully saturated rings. The van der Waals surface area contributed by atoms with Gasteiger partial charge in [-0.05, 0) is 49.6 Å². The number of hydrogen-bond acceptors (Lipinski definition) is 10. The first-order chi connectivity index (χ1) is 22.0. The molecule has 1 heterocycles. The lowest BCUT2D eigenvalue weighted by Gasteiger charge is -2.29. The van der Waals surface area contributed by atoms with Gasteiger partial charge in [-0.1, -0.05) is 45.2 Å². The van der Waals surface area contributed by atoms with Crippen LogP contribution in [0.1, 0.15) is 78.8 Å². The largest absolute Gasteiger partial charge is 0.469 e. The van der Waals surface area contributed by atoms with E-state index in [1.807, 2.05) is 6.92 Å². The van der Waals surface area contributed by atoms with Gasteiger partial charge in [0.15, 0.2) is 0 Å². The number of amides is 4. The third-order valence-electron chi connectivity index (χ3n) is 7.44. The smallest absolute Gasteiger partial charge is 0.328 e. The van der Waals surface area contributed by atoms with E-state index < -0.39 is 54.1 Å². The molecule has 46 heavy (non-hydrogen) atoms. The molecule has 0 aliphatic carbocycles. The molecule has 3 atom stereocenters. The highest BCUT2D eigenvalue weighted by Crippen LogP contribution is 2.22. The first-order valence-electron chi connectivity index (χ1n) is 15.0. The quantitative estimate of drug-likeness (QED) is 0.0469.